The maximum absolute atomic E-state index is 8.75. The van der Waals surface area contributed by atoms with Crippen LogP contribution in [0.4, 0.5) is 0 Å². The van der Waals surface area contributed by atoms with Gasteiger partial charge in [0.15, 0.2) is 0 Å². The van der Waals surface area contributed by atoms with Gasteiger partial charge in [-0.25, -0.2) is 0 Å². The summed E-state index contributed by atoms with van der Waals surface area (Å²) < 4.78 is 0. The number of rotatable bonds is 3. The van der Waals surface area contributed by atoms with Gasteiger partial charge in [0.1, 0.15) is 0 Å². The average Bonchev–Trinajstić information content (AvgIpc) is 1.84. The summed E-state index contributed by atoms with van der Waals surface area (Å²) >= 11 is 7.53. The molecule has 0 amide bonds. The predicted molar refractivity (Wildman–Crippen MR) is 39.7 cm³/mol. The Balaban J connectivity index is -0.000000245. The Kier molecular flexibility index (Phi) is 21.2. The van der Waals surface area contributed by atoms with E-state index in [1.165, 1.54) is 0 Å². The number of hydrogen-bond donors (Lipinski definition) is 4. The van der Waals surface area contributed by atoms with E-state index in [9.17, 15) is 0 Å². The summed E-state index contributed by atoms with van der Waals surface area (Å²) in [6.45, 7) is 0. The van der Waals surface area contributed by atoms with E-state index in [0.717, 1.165) is 0 Å². The van der Waals surface area contributed by atoms with Gasteiger partial charge in [0.2, 0.25) is 0 Å². The molecule has 0 radical (unpaired) electrons. The van der Waals surface area contributed by atoms with E-state index in [1.807, 2.05) is 0 Å². The van der Waals surface area contributed by atoms with Crippen molar-refractivity contribution in [1.82, 2.24) is 0 Å². The zero-order valence-electron chi connectivity index (χ0n) is 5.74. The number of hydrogen-bond acceptors (Lipinski definition) is 4. The molecule has 0 aliphatic carbocycles. The molecule has 0 bridgehead atoms. The summed E-state index contributed by atoms with van der Waals surface area (Å²) in [5, 5.41) is 17.5. The second-order valence-electron chi connectivity index (χ2n) is 1.50. The number of thiol groups is 2. The molecule has 0 rings (SSSR count). The van der Waals surface area contributed by atoms with E-state index >= 15 is 0 Å². The average molecular weight is 229 g/mol. The van der Waals surface area contributed by atoms with Gasteiger partial charge in [-0.1, -0.05) is 0 Å². The van der Waals surface area contributed by atoms with Gasteiger partial charge < -0.3 is 22.6 Å². The predicted octanol–water partition coefficient (Wildman–Crippen LogP) is -6.42. The molecular weight excluding hydrogens is 219 g/mol. The minimum absolute atomic E-state index is 0. The van der Waals surface area contributed by atoms with Crippen LogP contribution < -0.4 is 63.8 Å². The SMILES string of the molecule is O[C@H](CS)[C@H](O)CS.[Cl-].[K+]. The first kappa shape index (κ1) is 18.4. The fourth-order valence-corrected chi connectivity index (χ4v) is 0.730. The van der Waals surface area contributed by atoms with Crippen molar-refractivity contribution < 1.29 is 74.0 Å². The van der Waals surface area contributed by atoms with Gasteiger partial charge in [0.05, 0.1) is 12.2 Å². The Morgan fingerprint density at radius 2 is 1.20 bits per heavy atom. The summed E-state index contributed by atoms with van der Waals surface area (Å²) in [5.74, 6) is 0.559. The largest absolute Gasteiger partial charge is 1.00 e. The molecule has 0 aromatic rings. The molecule has 0 aromatic heterocycles. The van der Waals surface area contributed by atoms with Gasteiger partial charge in [0, 0.05) is 11.5 Å². The van der Waals surface area contributed by atoms with Crippen molar-refractivity contribution in [3.63, 3.8) is 0 Å². The molecule has 0 unspecified atom stereocenters. The molecule has 2 nitrogen and oxygen atoms in total. The normalized spacial score (nSPS) is 14.4. The van der Waals surface area contributed by atoms with E-state index in [4.69, 9.17) is 10.2 Å². The molecule has 0 heterocycles. The third-order valence-electron chi connectivity index (χ3n) is 0.818. The third kappa shape index (κ3) is 8.64. The maximum Gasteiger partial charge on any atom is 1.00 e. The minimum Gasteiger partial charge on any atom is -1.00 e. The molecule has 0 saturated carbocycles. The van der Waals surface area contributed by atoms with Crippen LogP contribution in [-0.4, -0.2) is 33.9 Å². The van der Waals surface area contributed by atoms with Gasteiger partial charge in [-0.3, -0.25) is 0 Å². The summed E-state index contributed by atoms with van der Waals surface area (Å²) in [6.07, 6.45) is -1.48. The van der Waals surface area contributed by atoms with Crippen LogP contribution in [0.1, 0.15) is 0 Å². The van der Waals surface area contributed by atoms with Gasteiger partial charge >= 0.3 is 51.4 Å². The quantitative estimate of drug-likeness (QED) is 0.287. The molecule has 0 saturated heterocycles. The van der Waals surface area contributed by atoms with Crippen molar-refractivity contribution in [3.05, 3.63) is 0 Å². The number of halogens is 1. The van der Waals surface area contributed by atoms with Crippen LogP contribution >= 0.6 is 25.3 Å². The van der Waals surface area contributed by atoms with E-state index in [2.05, 4.69) is 25.3 Å². The molecule has 0 aliphatic rings. The van der Waals surface area contributed by atoms with E-state index in [-0.39, 0.29) is 75.3 Å². The zero-order chi connectivity index (χ0) is 6.57. The molecule has 6 heteroatoms. The summed E-state index contributed by atoms with van der Waals surface area (Å²) in [7, 11) is 0. The Hall–Kier alpha value is 2.55. The number of aliphatic hydroxyl groups excluding tert-OH is 2. The van der Waals surface area contributed by atoms with Crippen LogP contribution in [0.15, 0.2) is 0 Å². The van der Waals surface area contributed by atoms with Crippen LogP contribution in [0.2, 0.25) is 0 Å². The smallest absolute Gasteiger partial charge is 1.00 e. The first-order valence-corrected chi connectivity index (χ1v) is 3.56. The topological polar surface area (TPSA) is 40.5 Å². The van der Waals surface area contributed by atoms with Gasteiger partial charge in [-0.05, 0) is 0 Å². The Morgan fingerprint density at radius 3 is 1.30 bits per heavy atom. The second kappa shape index (κ2) is 11.5. The van der Waals surface area contributed by atoms with Crippen LogP contribution in [0.5, 0.6) is 0 Å². The van der Waals surface area contributed by atoms with Crippen molar-refractivity contribution in [1.29, 1.82) is 0 Å². The van der Waals surface area contributed by atoms with E-state index in [0.29, 0.717) is 0 Å². The molecule has 0 spiro atoms. The standard InChI is InChI=1S/C4H10O2S2.ClH.K/c5-3(1-7)4(6)2-8;;/h3-8H,1-2H2;1H;/q;;+1/p-1/t3-,4-;;/m1../s1. The molecule has 2 N–H and O–H groups in total. The van der Waals surface area contributed by atoms with Crippen molar-refractivity contribution in [3.8, 4) is 0 Å². The third-order valence-corrected chi connectivity index (χ3v) is 1.57. The maximum atomic E-state index is 8.75. The minimum atomic E-state index is -0.740. The monoisotopic (exact) mass is 228 g/mol. The van der Waals surface area contributed by atoms with Gasteiger partial charge in [-0.15, -0.1) is 0 Å². The van der Waals surface area contributed by atoms with Crippen LogP contribution in [-0.2, 0) is 0 Å². The van der Waals surface area contributed by atoms with Gasteiger partial charge in [-0.2, -0.15) is 25.3 Å². The zero-order valence-corrected chi connectivity index (χ0v) is 11.4. The summed E-state index contributed by atoms with van der Waals surface area (Å²) in [4.78, 5) is 0. The summed E-state index contributed by atoms with van der Waals surface area (Å²) in [5.41, 5.74) is 0. The molecule has 0 aliphatic heterocycles. The molecule has 0 fully saturated rings. The van der Waals surface area contributed by atoms with Crippen LogP contribution in [0.25, 0.3) is 0 Å². The second-order valence-corrected chi connectivity index (χ2v) is 2.23. The molecule has 0 aromatic carbocycles. The van der Waals surface area contributed by atoms with Crippen LogP contribution in [0.3, 0.4) is 0 Å². The van der Waals surface area contributed by atoms with Crippen molar-refractivity contribution in [2.45, 2.75) is 12.2 Å². The van der Waals surface area contributed by atoms with Crippen molar-refractivity contribution in [2.75, 3.05) is 11.5 Å². The van der Waals surface area contributed by atoms with Crippen molar-refractivity contribution >= 4 is 25.3 Å². The molecule has 58 valence electrons. The Morgan fingerprint density at radius 1 is 1.00 bits per heavy atom. The molecule has 10 heavy (non-hydrogen) atoms. The number of aliphatic hydroxyl groups is 2. The van der Waals surface area contributed by atoms with Crippen LogP contribution in [0, 0.1) is 0 Å². The fraction of sp³-hybridized carbons (Fsp3) is 1.00. The van der Waals surface area contributed by atoms with E-state index < -0.39 is 12.2 Å². The van der Waals surface area contributed by atoms with Gasteiger partial charge in [0.25, 0.3) is 0 Å². The Labute approximate surface area is 121 Å². The molecular formula is C4H10ClKO2S2. The van der Waals surface area contributed by atoms with E-state index in [1.54, 1.807) is 0 Å². The fourth-order valence-electron chi connectivity index (χ4n) is 0.243. The summed E-state index contributed by atoms with van der Waals surface area (Å²) in [6, 6.07) is 0. The first-order valence-electron chi connectivity index (χ1n) is 2.30. The Bertz CT molecular complexity index is 61.2. The first-order chi connectivity index (χ1) is 3.72. The molecule has 2 atom stereocenters. The van der Waals surface area contributed by atoms with Crippen molar-refractivity contribution in [2.24, 2.45) is 0 Å².